The Balaban J connectivity index is 1.47. The van der Waals surface area contributed by atoms with E-state index < -0.39 is 5.60 Å². The van der Waals surface area contributed by atoms with Crippen molar-refractivity contribution < 1.29 is 14.6 Å². The number of aliphatic hydroxyl groups is 1. The number of likely N-dealkylation sites (tertiary alicyclic amines) is 1. The van der Waals surface area contributed by atoms with Gasteiger partial charge in [-0.1, -0.05) is 50.6 Å². The molecule has 1 heterocycles. The number of piperidine rings is 1. The summed E-state index contributed by atoms with van der Waals surface area (Å²) in [5.41, 5.74) is 3.82. The molecule has 188 valence electrons. The fraction of sp³-hybridized carbons (Fsp3) is 0.406. The minimum atomic E-state index is -1.58. The smallest absolute Gasteiger partial charge is 0.174 e. The number of carbonyl (C=O) groups is 1. The van der Waals surface area contributed by atoms with Crippen LogP contribution in [0.1, 0.15) is 57.6 Å². The van der Waals surface area contributed by atoms with Crippen molar-refractivity contribution in [2.75, 3.05) is 26.2 Å². The van der Waals surface area contributed by atoms with Gasteiger partial charge in [0.2, 0.25) is 0 Å². The van der Waals surface area contributed by atoms with Crippen molar-refractivity contribution in [3.05, 3.63) is 64.0 Å². The molecule has 1 unspecified atom stereocenters. The number of nitrogens with zero attached hydrogens (tertiary/aromatic N) is 1. The molecule has 0 radical (unpaired) electrons. The molecule has 36 heavy (non-hydrogen) atoms. The van der Waals surface area contributed by atoms with Gasteiger partial charge in [-0.25, -0.2) is 0 Å². The van der Waals surface area contributed by atoms with Crippen LogP contribution in [0.15, 0.2) is 42.5 Å². The molecule has 0 aromatic heterocycles. The number of carbonyl (C=O) groups excluding carboxylic acids is 1. The van der Waals surface area contributed by atoms with Crippen LogP contribution in [-0.4, -0.2) is 47.6 Å². The van der Waals surface area contributed by atoms with E-state index in [-0.39, 0.29) is 11.7 Å². The van der Waals surface area contributed by atoms with E-state index >= 15 is 0 Å². The Kier molecular flexibility index (Phi) is 7.00. The zero-order chi connectivity index (χ0) is 25.3. The van der Waals surface area contributed by atoms with Gasteiger partial charge in [-0.05, 0) is 108 Å². The topological polar surface area (TPSA) is 49.8 Å². The van der Waals surface area contributed by atoms with Gasteiger partial charge in [0.15, 0.2) is 11.4 Å². The largest absolute Gasteiger partial charge is 0.492 e. The first-order valence-electron chi connectivity index (χ1n) is 13.3. The second-order valence-corrected chi connectivity index (χ2v) is 10.6. The predicted octanol–water partition coefficient (Wildman–Crippen LogP) is 4.57. The monoisotopic (exact) mass is 483 g/mol. The number of fused-ring (bicyclic) bond motifs is 3. The Morgan fingerprint density at radius 2 is 1.86 bits per heavy atom. The summed E-state index contributed by atoms with van der Waals surface area (Å²) < 4.78 is 6.05. The molecule has 0 spiro atoms. The second-order valence-electron chi connectivity index (χ2n) is 10.6. The molecule has 5 rings (SSSR count). The quantitative estimate of drug-likeness (QED) is 0.627. The van der Waals surface area contributed by atoms with Crippen molar-refractivity contribution in [1.29, 1.82) is 0 Å². The van der Waals surface area contributed by atoms with Gasteiger partial charge in [-0.15, -0.1) is 0 Å². The first kappa shape index (κ1) is 24.7. The highest BCUT2D eigenvalue weighted by Crippen LogP contribution is 2.30. The molecule has 2 aromatic carbocycles. The maximum Gasteiger partial charge on any atom is 0.174 e. The average Bonchev–Trinajstić information content (AvgIpc) is 2.88. The first-order valence-corrected chi connectivity index (χ1v) is 13.3. The molecule has 1 atom stereocenters. The van der Waals surface area contributed by atoms with Crippen molar-refractivity contribution in [1.82, 2.24) is 4.90 Å². The fourth-order valence-corrected chi connectivity index (χ4v) is 5.79. The number of Topliss-reactive ketones (excluding diaryl/α,β-unsaturated/α-hetero) is 1. The highest BCUT2D eigenvalue weighted by molar-refractivity contribution is 6.01. The zero-order valence-corrected chi connectivity index (χ0v) is 21.7. The van der Waals surface area contributed by atoms with Crippen LogP contribution in [0.4, 0.5) is 0 Å². The standard InChI is InChI=1S/C32H37NO3/c1-22(2)31(34)32(35)20-23(3)30-25(21-32)19-29(27-9-5-6-10-28(27)30)24-11-13-26(14-12-24)36-18-17-33-15-7-4-8-16-33/h6,9-14,19-22,35H,4-5,7-8,15-18H2,1-3H3. The van der Waals surface area contributed by atoms with Gasteiger partial charge in [0.25, 0.3) is 0 Å². The molecule has 1 N–H and O–H groups in total. The molecule has 1 aliphatic heterocycles. The van der Waals surface area contributed by atoms with Gasteiger partial charge in [0.05, 0.1) is 0 Å². The van der Waals surface area contributed by atoms with Crippen LogP contribution in [0.3, 0.4) is 0 Å². The van der Waals surface area contributed by atoms with Crippen LogP contribution in [0, 0.1) is 5.92 Å². The van der Waals surface area contributed by atoms with Crippen LogP contribution >= 0.6 is 0 Å². The summed E-state index contributed by atoms with van der Waals surface area (Å²) in [5.74, 6) is 0.443. The van der Waals surface area contributed by atoms with Crippen molar-refractivity contribution in [2.24, 2.45) is 5.92 Å². The third-order valence-electron chi connectivity index (χ3n) is 7.60. The van der Waals surface area contributed by atoms with E-state index in [9.17, 15) is 9.90 Å². The summed E-state index contributed by atoms with van der Waals surface area (Å²) >= 11 is 0. The van der Waals surface area contributed by atoms with Gasteiger partial charge < -0.3 is 9.84 Å². The van der Waals surface area contributed by atoms with Crippen molar-refractivity contribution in [2.45, 2.75) is 52.1 Å². The summed E-state index contributed by atoms with van der Waals surface area (Å²) in [4.78, 5) is 15.4. The maximum absolute atomic E-state index is 12.9. The van der Waals surface area contributed by atoms with Crippen molar-refractivity contribution in [3.8, 4) is 16.9 Å². The number of ketones is 1. The molecule has 4 heteroatoms. The highest BCUT2D eigenvalue weighted by atomic mass is 16.5. The minimum absolute atomic E-state index is 0.181. The van der Waals surface area contributed by atoms with E-state index in [4.69, 9.17) is 4.74 Å². The molecule has 0 amide bonds. The lowest BCUT2D eigenvalue weighted by Crippen LogP contribution is -2.42. The van der Waals surface area contributed by atoms with Gasteiger partial charge >= 0.3 is 0 Å². The molecule has 0 bridgehead atoms. The van der Waals surface area contributed by atoms with Gasteiger partial charge in [0, 0.05) is 12.5 Å². The molecule has 2 aliphatic carbocycles. The van der Waals surface area contributed by atoms with Gasteiger partial charge in [-0.3, -0.25) is 9.69 Å². The van der Waals surface area contributed by atoms with E-state index in [1.807, 2.05) is 32.9 Å². The highest BCUT2D eigenvalue weighted by Gasteiger charge is 2.35. The summed E-state index contributed by atoms with van der Waals surface area (Å²) in [5, 5.41) is 13.4. The lowest BCUT2D eigenvalue weighted by molar-refractivity contribution is -0.131. The molecular weight excluding hydrogens is 446 g/mol. The third-order valence-corrected chi connectivity index (χ3v) is 7.60. The fourth-order valence-electron chi connectivity index (χ4n) is 5.79. The van der Waals surface area contributed by atoms with Crippen LogP contribution in [-0.2, 0) is 4.79 Å². The van der Waals surface area contributed by atoms with Crippen LogP contribution < -0.4 is 15.2 Å². The zero-order valence-electron chi connectivity index (χ0n) is 21.7. The molecule has 2 aromatic rings. The average molecular weight is 484 g/mol. The maximum atomic E-state index is 12.9. The lowest BCUT2D eigenvalue weighted by Gasteiger charge is -2.28. The van der Waals surface area contributed by atoms with E-state index in [0.29, 0.717) is 6.61 Å². The second kappa shape index (κ2) is 10.2. The van der Waals surface area contributed by atoms with Crippen LogP contribution in [0.5, 0.6) is 5.75 Å². The Labute approximate surface area is 214 Å². The number of rotatable bonds is 7. The Morgan fingerprint density at radius 3 is 2.58 bits per heavy atom. The number of ether oxygens (including phenoxy) is 1. The molecule has 1 fully saturated rings. The number of hydrogen-bond donors (Lipinski definition) is 1. The molecule has 3 aliphatic rings. The summed E-state index contributed by atoms with van der Waals surface area (Å²) in [6, 6.07) is 10.4. The predicted molar refractivity (Wildman–Crippen MR) is 148 cm³/mol. The molecule has 4 nitrogen and oxygen atoms in total. The molecule has 1 saturated heterocycles. The van der Waals surface area contributed by atoms with E-state index in [1.54, 1.807) is 12.2 Å². The minimum Gasteiger partial charge on any atom is -0.492 e. The normalized spacial score (nSPS) is 21.2. The lowest BCUT2D eigenvalue weighted by atomic mass is 9.79. The molecular formula is C32H37NO3. The Hall–Kier alpha value is -2.95. The van der Waals surface area contributed by atoms with E-state index in [0.717, 1.165) is 51.8 Å². The Bertz CT molecular complexity index is 1330. The van der Waals surface area contributed by atoms with Gasteiger partial charge in [-0.2, -0.15) is 0 Å². The first-order chi connectivity index (χ1) is 17.4. The van der Waals surface area contributed by atoms with Crippen LogP contribution in [0.2, 0.25) is 0 Å². The van der Waals surface area contributed by atoms with Gasteiger partial charge in [0.1, 0.15) is 12.4 Å². The third kappa shape index (κ3) is 4.85. The summed E-state index contributed by atoms with van der Waals surface area (Å²) in [6.45, 7) is 9.69. The van der Waals surface area contributed by atoms with Crippen molar-refractivity contribution in [3.63, 3.8) is 0 Å². The van der Waals surface area contributed by atoms with E-state index in [1.165, 1.54) is 37.6 Å². The van der Waals surface area contributed by atoms with E-state index in [2.05, 4.69) is 41.3 Å². The number of hydrogen-bond acceptors (Lipinski definition) is 4. The van der Waals surface area contributed by atoms with Crippen LogP contribution in [0.25, 0.3) is 34.9 Å². The SMILES string of the molecule is CC1=CC(O)(C(=O)C(C)C)C=c2cc(-c3ccc(OCCN4CCCCC4)cc3)c3c(c21)C=CCC=3. The molecule has 0 saturated carbocycles. The summed E-state index contributed by atoms with van der Waals surface area (Å²) in [6.07, 6.45) is 14.9. The Morgan fingerprint density at radius 1 is 1.11 bits per heavy atom. The number of benzene rings is 2. The number of allylic oxidation sites excluding steroid dienone is 2. The van der Waals surface area contributed by atoms with Crippen molar-refractivity contribution >= 4 is 29.6 Å². The summed E-state index contributed by atoms with van der Waals surface area (Å²) in [7, 11) is 0.